The van der Waals surface area contributed by atoms with Gasteiger partial charge in [0.05, 0.1) is 5.69 Å². The van der Waals surface area contributed by atoms with E-state index in [4.69, 9.17) is 5.84 Å². The highest BCUT2D eigenvalue weighted by Gasteiger charge is 2.03. The molecule has 0 bridgehead atoms. The minimum absolute atomic E-state index is 0.624. The summed E-state index contributed by atoms with van der Waals surface area (Å²) in [4.78, 5) is 4.29. The maximum Gasteiger partial charge on any atom is 0.142 e. The largest absolute Gasteiger partial charge is 0.339 e. The van der Waals surface area contributed by atoms with Gasteiger partial charge in [-0.3, -0.25) is 0 Å². The molecule has 4 nitrogen and oxygen atoms in total. The van der Waals surface area contributed by atoms with Crippen molar-refractivity contribution in [3.8, 4) is 0 Å². The Morgan fingerprint density at radius 2 is 1.82 bits per heavy atom. The van der Waals surface area contributed by atoms with Crippen LogP contribution in [0.15, 0.2) is 40.9 Å². The fourth-order valence-electron chi connectivity index (χ4n) is 1.47. The quantitative estimate of drug-likeness (QED) is 0.601. The number of hydrazine groups is 1. The fourth-order valence-corrected chi connectivity index (χ4v) is 1.83. The molecule has 88 valence electrons. The Labute approximate surface area is 108 Å². The van der Waals surface area contributed by atoms with E-state index in [0.29, 0.717) is 5.82 Å². The zero-order valence-corrected chi connectivity index (χ0v) is 11.0. The summed E-state index contributed by atoms with van der Waals surface area (Å²) in [5.74, 6) is 6.68. The standard InChI is InChI=1S/C12H13BrN4/c1-8-4-2-5-9(12(8)13)15-10-6-3-7-11(16-10)17-14/h2-7H,14H2,1H3,(H2,15,16,17). The van der Waals surface area contributed by atoms with Crippen LogP contribution in [0.25, 0.3) is 0 Å². The lowest BCUT2D eigenvalue weighted by Crippen LogP contribution is -2.09. The molecule has 1 aromatic heterocycles. The highest BCUT2D eigenvalue weighted by atomic mass is 79.9. The summed E-state index contributed by atoms with van der Waals surface area (Å²) >= 11 is 3.54. The number of pyridine rings is 1. The normalized spacial score (nSPS) is 10.1. The zero-order chi connectivity index (χ0) is 12.3. The van der Waals surface area contributed by atoms with Crippen molar-refractivity contribution in [2.24, 2.45) is 5.84 Å². The Kier molecular flexibility index (Phi) is 3.61. The Hall–Kier alpha value is -1.59. The Morgan fingerprint density at radius 3 is 2.59 bits per heavy atom. The van der Waals surface area contributed by atoms with Crippen molar-refractivity contribution in [1.82, 2.24) is 4.98 Å². The molecular weight excluding hydrogens is 280 g/mol. The summed E-state index contributed by atoms with van der Waals surface area (Å²) in [6, 6.07) is 11.6. The molecule has 0 fully saturated rings. The molecule has 0 aliphatic rings. The van der Waals surface area contributed by atoms with Gasteiger partial charge in [-0.2, -0.15) is 0 Å². The van der Waals surface area contributed by atoms with Crippen molar-refractivity contribution in [2.75, 3.05) is 10.7 Å². The van der Waals surface area contributed by atoms with Crippen LogP contribution in [0.3, 0.4) is 0 Å². The molecule has 0 atom stereocenters. The molecule has 5 heteroatoms. The van der Waals surface area contributed by atoms with Crippen LogP contribution in [-0.2, 0) is 0 Å². The van der Waals surface area contributed by atoms with Gasteiger partial charge in [0.25, 0.3) is 0 Å². The van der Waals surface area contributed by atoms with Gasteiger partial charge in [-0.15, -0.1) is 0 Å². The molecule has 0 radical (unpaired) electrons. The number of nitrogens with two attached hydrogens (primary N) is 1. The predicted molar refractivity (Wildman–Crippen MR) is 74.2 cm³/mol. The molecule has 0 saturated carbocycles. The third-order valence-electron chi connectivity index (χ3n) is 2.35. The first-order valence-electron chi connectivity index (χ1n) is 5.16. The Morgan fingerprint density at radius 1 is 1.12 bits per heavy atom. The summed E-state index contributed by atoms with van der Waals surface area (Å²) < 4.78 is 1.04. The van der Waals surface area contributed by atoms with E-state index in [1.807, 2.05) is 37.3 Å². The highest BCUT2D eigenvalue weighted by Crippen LogP contribution is 2.28. The Balaban J connectivity index is 2.28. The fraction of sp³-hybridized carbons (Fsp3) is 0.0833. The van der Waals surface area contributed by atoms with Gasteiger partial charge >= 0.3 is 0 Å². The van der Waals surface area contributed by atoms with E-state index in [1.165, 1.54) is 5.56 Å². The monoisotopic (exact) mass is 292 g/mol. The average molecular weight is 293 g/mol. The molecule has 0 aliphatic carbocycles. The van der Waals surface area contributed by atoms with E-state index in [0.717, 1.165) is 16.0 Å². The van der Waals surface area contributed by atoms with Crippen LogP contribution < -0.4 is 16.6 Å². The van der Waals surface area contributed by atoms with Crippen molar-refractivity contribution in [2.45, 2.75) is 6.92 Å². The first kappa shape index (κ1) is 11.9. The van der Waals surface area contributed by atoms with E-state index < -0.39 is 0 Å². The first-order chi connectivity index (χ1) is 8.20. The lowest BCUT2D eigenvalue weighted by atomic mass is 10.2. The van der Waals surface area contributed by atoms with Crippen molar-refractivity contribution < 1.29 is 0 Å². The molecule has 2 aromatic rings. The number of aryl methyl sites for hydroxylation is 1. The van der Waals surface area contributed by atoms with Gasteiger partial charge in [0.1, 0.15) is 11.6 Å². The number of nitrogen functional groups attached to an aromatic ring is 1. The molecule has 1 heterocycles. The summed E-state index contributed by atoms with van der Waals surface area (Å²) in [6.45, 7) is 2.04. The lowest BCUT2D eigenvalue weighted by Gasteiger charge is -2.10. The van der Waals surface area contributed by atoms with Crippen LogP contribution in [0.2, 0.25) is 0 Å². The first-order valence-corrected chi connectivity index (χ1v) is 5.96. The molecule has 1 aromatic carbocycles. The molecular formula is C12H13BrN4. The molecule has 0 aliphatic heterocycles. The Bertz CT molecular complexity index is 528. The maximum absolute atomic E-state index is 5.32. The van der Waals surface area contributed by atoms with Gasteiger partial charge < -0.3 is 10.7 Å². The number of hydrogen-bond acceptors (Lipinski definition) is 4. The lowest BCUT2D eigenvalue weighted by molar-refractivity contribution is 1.22. The number of halogens is 1. The second kappa shape index (κ2) is 5.16. The van der Waals surface area contributed by atoms with Crippen LogP contribution in [-0.4, -0.2) is 4.98 Å². The van der Waals surface area contributed by atoms with Crippen molar-refractivity contribution in [3.63, 3.8) is 0 Å². The van der Waals surface area contributed by atoms with Crippen molar-refractivity contribution in [3.05, 3.63) is 46.4 Å². The summed E-state index contributed by atoms with van der Waals surface area (Å²) in [5.41, 5.74) is 4.66. The van der Waals surface area contributed by atoms with Crippen LogP contribution in [0, 0.1) is 6.92 Å². The number of anilines is 3. The molecule has 0 amide bonds. The number of rotatable bonds is 3. The molecule has 0 saturated heterocycles. The molecule has 2 rings (SSSR count). The maximum atomic E-state index is 5.32. The van der Waals surface area contributed by atoms with Gasteiger partial charge in [0.2, 0.25) is 0 Å². The number of benzene rings is 1. The van der Waals surface area contributed by atoms with Crippen LogP contribution >= 0.6 is 15.9 Å². The molecule has 0 unspecified atom stereocenters. The van der Waals surface area contributed by atoms with Gasteiger partial charge in [0, 0.05) is 4.47 Å². The van der Waals surface area contributed by atoms with E-state index in [1.54, 1.807) is 6.07 Å². The average Bonchev–Trinajstić information content (AvgIpc) is 2.35. The van der Waals surface area contributed by atoms with Gasteiger partial charge in [-0.25, -0.2) is 10.8 Å². The second-order valence-electron chi connectivity index (χ2n) is 3.61. The van der Waals surface area contributed by atoms with Gasteiger partial charge in [-0.1, -0.05) is 18.2 Å². The van der Waals surface area contributed by atoms with Gasteiger partial charge in [0.15, 0.2) is 0 Å². The zero-order valence-electron chi connectivity index (χ0n) is 9.37. The summed E-state index contributed by atoms with van der Waals surface area (Å²) in [6.07, 6.45) is 0. The number of aromatic nitrogens is 1. The number of hydrogen-bond donors (Lipinski definition) is 3. The van der Waals surface area contributed by atoms with Crippen LogP contribution in [0.4, 0.5) is 17.3 Å². The van der Waals surface area contributed by atoms with E-state index >= 15 is 0 Å². The number of nitrogens with one attached hydrogen (secondary N) is 2. The van der Waals surface area contributed by atoms with Crippen LogP contribution in [0.1, 0.15) is 5.56 Å². The number of nitrogens with zero attached hydrogens (tertiary/aromatic N) is 1. The van der Waals surface area contributed by atoms with E-state index in [9.17, 15) is 0 Å². The minimum atomic E-state index is 0.624. The van der Waals surface area contributed by atoms with Crippen molar-refractivity contribution >= 4 is 33.3 Å². The van der Waals surface area contributed by atoms with Gasteiger partial charge in [-0.05, 0) is 46.6 Å². The third kappa shape index (κ3) is 2.75. The summed E-state index contributed by atoms with van der Waals surface area (Å²) in [5, 5.41) is 3.23. The van der Waals surface area contributed by atoms with Crippen molar-refractivity contribution in [1.29, 1.82) is 0 Å². The van der Waals surface area contributed by atoms with Crippen LogP contribution in [0.5, 0.6) is 0 Å². The second-order valence-corrected chi connectivity index (χ2v) is 4.41. The predicted octanol–water partition coefficient (Wildman–Crippen LogP) is 3.18. The molecule has 4 N–H and O–H groups in total. The van der Waals surface area contributed by atoms with E-state index in [2.05, 4.69) is 31.7 Å². The summed E-state index contributed by atoms with van der Waals surface area (Å²) in [7, 11) is 0. The smallest absolute Gasteiger partial charge is 0.142 e. The topological polar surface area (TPSA) is 63.0 Å². The SMILES string of the molecule is Cc1cccc(Nc2cccc(NN)n2)c1Br. The van der Waals surface area contributed by atoms with E-state index in [-0.39, 0.29) is 0 Å². The third-order valence-corrected chi connectivity index (χ3v) is 3.40. The minimum Gasteiger partial charge on any atom is -0.339 e. The highest BCUT2D eigenvalue weighted by molar-refractivity contribution is 9.10. The molecule has 0 spiro atoms. The molecule has 17 heavy (non-hydrogen) atoms.